The average Bonchev–Trinajstić information content (AvgIpc) is 0.953. The van der Waals surface area contributed by atoms with E-state index in [2.05, 4.69) is 520 Å². The Morgan fingerprint density at radius 3 is 0.750 bits per heavy atom. The van der Waals surface area contributed by atoms with Gasteiger partial charge in [0.1, 0.15) is 22.3 Å². The van der Waals surface area contributed by atoms with E-state index in [0.717, 1.165) is 160 Å². The Kier molecular flexibility index (Phi) is 25.7. The molecule has 0 bridgehead atoms. The van der Waals surface area contributed by atoms with Gasteiger partial charge in [-0.05, 0) is 222 Å². The topological polar surface area (TPSA) is 45.7 Å². The molecule has 0 saturated carbocycles. The van der Waals surface area contributed by atoms with Gasteiger partial charge >= 0.3 is 0 Å². The predicted molar refractivity (Wildman–Crippen MR) is 558 cm³/mol. The monoisotopic (exact) mass is 1850 g/mol. The van der Waals surface area contributed by atoms with E-state index in [1.807, 2.05) is 36.4 Å². The second kappa shape index (κ2) is 38.6. The van der Waals surface area contributed by atoms with Crippen molar-refractivity contribution in [3.8, 4) is 0 Å². The number of benzene rings is 20. The maximum atomic E-state index is 6.32. The smallest absolute Gasteiger partial charge is 0.137 e. The number of hydrogen-bond acceptors (Lipinski definition) is 8. The van der Waals surface area contributed by atoms with Gasteiger partial charge in [0, 0.05) is 149 Å². The number of halogens is 3. The molecule has 22 aromatic rings. The van der Waals surface area contributed by atoms with Crippen molar-refractivity contribution < 1.29 is 8.83 Å². The molecule has 622 valence electrons. The number of hydrogen-bond donors (Lipinski definition) is 0. The Hall–Kier alpha value is -15.0. The molecule has 0 saturated heterocycles. The van der Waals surface area contributed by atoms with Gasteiger partial charge in [-0.3, -0.25) is 0 Å². The lowest BCUT2D eigenvalue weighted by Crippen LogP contribution is -2.13. The van der Waals surface area contributed by atoms with Crippen LogP contribution in [0.1, 0.15) is 22.3 Å². The summed E-state index contributed by atoms with van der Waals surface area (Å²) in [6.07, 6.45) is 0. The fourth-order valence-electron chi connectivity index (χ4n) is 17.0. The van der Waals surface area contributed by atoms with E-state index in [1.54, 1.807) is 0 Å². The number of rotatable bonds is 18. The quantitative estimate of drug-likeness (QED) is 0.0788. The van der Waals surface area contributed by atoms with Crippen molar-refractivity contribution >= 4 is 226 Å². The third kappa shape index (κ3) is 17.6. The van der Waals surface area contributed by atoms with Gasteiger partial charge in [0.15, 0.2) is 0 Å². The number of anilines is 18. The Bertz CT molecular complexity index is 7300. The molecule has 2 heterocycles. The van der Waals surface area contributed by atoms with Crippen molar-refractivity contribution in [2.45, 2.75) is 22.3 Å². The summed E-state index contributed by atoms with van der Waals surface area (Å²) in [7, 11) is 0. The van der Waals surface area contributed by atoms with Gasteiger partial charge in [0.2, 0.25) is 0 Å². The molecule has 0 aliphatic rings. The van der Waals surface area contributed by atoms with Gasteiger partial charge in [-0.2, -0.15) is 0 Å². The van der Waals surface area contributed by atoms with Crippen molar-refractivity contribution in [2.24, 2.45) is 0 Å². The molecule has 0 aliphatic heterocycles. The molecule has 0 atom stereocenters. The Morgan fingerprint density at radius 1 is 0.141 bits per heavy atom. The molecular formula is C117H91Br3N6O2. The minimum absolute atomic E-state index is 0. The van der Waals surface area contributed by atoms with Crippen LogP contribution in [0.3, 0.4) is 0 Å². The van der Waals surface area contributed by atoms with Crippen LogP contribution in [0.25, 0.3) is 76.2 Å². The minimum atomic E-state index is 0. The molecule has 11 heteroatoms. The lowest BCUT2D eigenvalue weighted by atomic mass is 9.99. The maximum Gasteiger partial charge on any atom is 0.137 e. The Morgan fingerprint density at radius 2 is 0.391 bits per heavy atom. The highest BCUT2D eigenvalue weighted by Crippen LogP contribution is 2.50. The molecule has 0 radical (unpaired) electrons. The molecule has 0 spiro atoms. The van der Waals surface area contributed by atoms with Crippen molar-refractivity contribution in [1.29, 1.82) is 0 Å². The van der Waals surface area contributed by atoms with Crippen LogP contribution in [0.15, 0.2) is 501 Å². The van der Waals surface area contributed by atoms with Crippen LogP contribution in [0, 0.1) is 0 Å². The van der Waals surface area contributed by atoms with Gasteiger partial charge < -0.3 is 38.2 Å². The average molecular weight is 1850 g/mol. The first kappa shape index (κ1) is 85.2. The van der Waals surface area contributed by atoms with Crippen LogP contribution >= 0.6 is 47.8 Å². The zero-order chi connectivity index (χ0) is 83.9. The second-order valence-corrected chi connectivity index (χ2v) is 33.2. The van der Waals surface area contributed by atoms with Crippen LogP contribution in [-0.2, 0) is 0 Å². The van der Waals surface area contributed by atoms with E-state index >= 15 is 0 Å². The standard InChI is InChI=1S/C42H27BrN2O2.C38H27BrN2.C34H25BrN2.3CH4/c43-28-23-33(44(29-11-3-1-4-12-29)31-19-21-37-35-15-7-9-17-39(35)46-41(37)26-31)25-34(24-28)45(30-13-5-2-6-14-30)32-20-22-38-36-16-8-10-18-40(36)47-42(38)27-32;39-29-25-33(40(30-15-4-1-5-16-30)31-17-6-2-7-18-31)27-34(26-29)41(32-19-8-3-9-20-32)38-24-28-14-10-11-21-35(28)36-22-12-13-23-37(36)38;35-27-23-31(36(28-15-4-1-5-16-28)29-17-6-2-7-18-29)25-32(24-27)37(30-19-8-3-9-20-30)34-22-12-14-26-13-10-11-21-33(26)34;;;/h1-27H;1-27H;1-25H;3*1H4. The Balaban J connectivity index is 0.000000134. The highest BCUT2D eigenvalue weighted by Gasteiger charge is 2.26. The van der Waals surface area contributed by atoms with Crippen LogP contribution in [0.2, 0.25) is 0 Å². The molecule has 8 nitrogen and oxygen atoms in total. The van der Waals surface area contributed by atoms with Crippen LogP contribution in [0.4, 0.5) is 102 Å². The molecule has 0 amide bonds. The molecule has 0 fully saturated rings. The van der Waals surface area contributed by atoms with E-state index in [1.165, 1.54) is 32.3 Å². The minimum Gasteiger partial charge on any atom is -0.456 e. The summed E-state index contributed by atoms with van der Waals surface area (Å²) in [5, 5.41) is 11.8. The first-order chi connectivity index (χ1) is 61.7. The zero-order valence-corrected chi connectivity index (χ0v) is 72.5. The summed E-state index contributed by atoms with van der Waals surface area (Å²) >= 11 is 11.6. The number of furan rings is 2. The second-order valence-electron chi connectivity index (χ2n) is 30.4. The van der Waals surface area contributed by atoms with E-state index in [4.69, 9.17) is 8.83 Å². The van der Waals surface area contributed by atoms with E-state index in [9.17, 15) is 0 Å². The van der Waals surface area contributed by atoms with Gasteiger partial charge in [0.25, 0.3) is 0 Å². The summed E-state index contributed by atoms with van der Waals surface area (Å²) in [6, 6.07) is 168. The lowest BCUT2D eigenvalue weighted by Gasteiger charge is -2.30. The maximum absolute atomic E-state index is 6.32. The first-order valence-corrected chi connectivity index (χ1v) is 44.0. The highest BCUT2D eigenvalue weighted by molar-refractivity contribution is 9.11. The normalized spacial score (nSPS) is 10.9. The number of para-hydroxylation sites is 10. The van der Waals surface area contributed by atoms with Crippen LogP contribution < -0.4 is 29.4 Å². The molecular weight excluding hydrogens is 1760 g/mol. The number of fused-ring (bicyclic) bond motifs is 10. The van der Waals surface area contributed by atoms with E-state index in [-0.39, 0.29) is 22.3 Å². The van der Waals surface area contributed by atoms with Gasteiger partial charge in [-0.1, -0.05) is 337 Å². The van der Waals surface area contributed by atoms with Crippen molar-refractivity contribution in [3.05, 3.63) is 493 Å². The zero-order valence-electron chi connectivity index (χ0n) is 67.7. The summed E-state index contributed by atoms with van der Waals surface area (Å²) < 4.78 is 15.6. The summed E-state index contributed by atoms with van der Waals surface area (Å²) in [6.45, 7) is 0. The molecule has 20 aromatic carbocycles. The summed E-state index contributed by atoms with van der Waals surface area (Å²) in [4.78, 5) is 13.8. The van der Waals surface area contributed by atoms with Gasteiger partial charge in [-0.25, -0.2) is 0 Å². The lowest BCUT2D eigenvalue weighted by molar-refractivity contribution is 0.668. The van der Waals surface area contributed by atoms with Crippen molar-refractivity contribution in [3.63, 3.8) is 0 Å². The van der Waals surface area contributed by atoms with Crippen LogP contribution in [0.5, 0.6) is 0 Å². The SMILES string of the molecule is Brc1cc(N(c2ccccc2)c2ccc3c(c2)oc2ccccc23)cc(N(c2ccccc2)c2ccc3c(c2)oc2ccccc23)c1.Brc1cc(N(c2ccccc2)c2ccccc2)cc(N(c2ccccc2)c2cc3ccccc3c3ccccc23)c1.Brc1cc(N(c2ccccc2)c2ccccc2)cc(N(c2ccccc2)c2cccc3ccccc23)c1.C.C.C. The van der Waals surface area contributed by atoms with E-state index in [0.29, 0.717) is 0 Å². The fraction of sp³-hybridized carbons (Fsp3) is 0.0256. The first-order valence-electron chi connectivity index (χ1n) is 41.6. The van der Waals surface area contributed by atoms with Crippen molar-refractivity contribution in [1.82, 2.24) is 0 Å². The highest BCUT2D eigenvalue weighted by atomic mass is 79.9. The molecule has 0 unspecified atom stereocenters. The summed E-state index contributed by atoms with van der Waals surface area (Å²) in [5.74, 6) is 0. The van der Waals surface area contributed by atoms with Gasteiger partial charge in [-0.15, -0.1) is 0 Å². The van der Waals surface area contributed by atoms with E-state index < -0.39 is 0 Å². The molecule has 0 aliphatic carbocycles. The molecule has 128 heavy (non-hydrogen) atoms. The predicted octanol–water partition coefficient (Wildman–Crippen LogP) is 37.3. The van der Waals surface area contributed by atoms with Gasteiger partial charge in [0.05, 0.1) is 11.4 Å². The Labute approximate surface area is 773 Å². The fourth-order valence-corrected chi connectivity index (χ4v) is 18.4. The third-order valence-electron chi connectivity index (χ3n) is 22.5. The third-order valence-corrected chi connectivity index (χ3v) is 23.9. The molecule has 22 rings (SSSR count). The number of nitrogens with zero attached hydrogens (tertiary/aromatic N) is 6. The molecule has 2 aromatic heterocycles. The summed E-state index contributed by atoms with van der Waals surface area (Å²) in [5.41, 5.74) is 22.7. The largest absolute Gasteiger partial charge is 0.456 e. The van der Waals surface area contributed by atoms with Crippen molar-refractivity contribution in [2.75, 3.05) is 29.4 Å². The van der Waals surface area contributed by atoms with Crippen LogP contribution in [-0.4, -0.2) is 0 Å². The molecule has 0 N–H and O–H groups in total.